The molecule has 0 saturated heterocycles. The molecular weight excluding hydrogens is 332 g/mol. The van der Waals surface area contributed by atoms with Crippen LogP contribution in [0.5, 0.6) is 0 Å². The highest BCUT2D eigenvalue weighted by atomic mass is 35.5. The van der Waals surface area contributed by atoms with Gasteiger partial charge in [0, 0.05) is 6.08 Å². The molecule has 134 valence electrons. The fraction of sp³-hybridized carbons (Fsp3) is 0.286. The summed E-state index contributed by atoms with van der Waals surface area (Å²) in [5.41, 5.74) is 3.39. The van der Waals surface area contributed by atoms with Gasteiger partial charge in [-0.05, 0) is 51.2 Å². The molecule has 0 aliphatic rings. The maximum Gasteiger partial charge on any atom is 0.244 e. The van der Waals surface area contributed by atoms with Gasteiger partial charge in [-0.3, -0.25) is 4.79 Å². The maximum absolute atomic E-state index is 12.3. The molecule has 1 amide bonds. The summed E-state index contributed by atoms with van der Waals surface area (Å²) in [4.78, 5) is 14.4. The molecule has 0 fully saturated rings. The Labute approximate surface area is 157 Å². The molecule has 0 aliphatic heterocycles. The van der Waals surface area contributed by atoms with Crippen LogP contribution in [0, 0.1) is 6.92 Å². The first-order valence-corrected chi connectivity index (χ1v) is 8.29. The van der Waals surface area contributed by atoms with Crippen LogP contribution in [-0.2, 0) is 4.79 Å². The van der Waals surface area contributed by atoms with E-state index in [2.05, 4.69) is 41.4 Å². The van der Waals surface area contributed by atoms with Gasteiger partial charge in [0.2, 0.25) is 5.91 Å². The molecule has 0 aromatic heterocycles. The number of hydrogen-bond donors (Lipinski definition) is 1. The fourth-order valence-corrected chi connectivity index (χ4v) is 2.46. The van der Waals surface area contributed by atoms with Crippen molar-refractivity contribution in [2.75, 3.05) is 20.6 Å². The van der Waals surface area contributed by atoms with Crippen LogP contribution < -0.4 is 5.32 Å². The van der Waals surface area contributed by atoms with Gasteiger partial charge >= 0.3 is 0 Å². The Kier molecular flexibility index (Phi) is 8.96. The standard InChI is InChI=1S/C21H26N2O.ClH/c1-17-9-12-19(13-10-17)20(15-16-23(2)3)22-21(24)14-11-18-7-5-4-6-8-18;/h4-14,20H,15-16H2,1-3H3,(H,22,24);1H/b14-11+;. The van der Waals surface area contributed by atoms with Gasteiger partial charge < -0.3 is 10.2 Å². The van der Waals surface area contributed by atoms with Crippen LogP contribution >= 0.6 is 12.4 Å². The molecule has 0 radical (unpaired) electrons. The molecule has 2 rings (SSSR count). The third-order valence-corrected chi connectivity index (χ3v) is 3.89. The Morgan fingerprint density at radius 3 is 2.32 bits per heavy atom. The lowest BCUT2D eigenvalue weighted by Crippen LogP contribution is -2.29. The molecule has 4 heteroatoms. The van der Waals surface area contributed by atoms with E-state index in [4.69, 9.17) is 0 Å². The van der Waals surface area contributed by atoms with Crippen LogP contribution in [0.4, 0.5) is 0 Å². The number of carbonyl (C=O) groups excluding carboxylic acids is 1. The second-order valence-electron chi connectivity index (χ2n) is 6.31. The van der Waals surface area contributed by atoms with E-state index < -0.39 is 0 Å². The highest BCUT2D eigenvalue weighted by molar-refractivity contribution is 5.92. The number of amides is 1. The van der Waals surface area contributed by atoms with Gasteiger partial charge in [-0.2, -0.15) is 0 Å². The van der Waals surface area contributed by atoms with Crippen LogP contribution in [0.1, 0.15) is 29.2 Å². The average molecular weight is 359 g/mol. The summed E-state index contributed by atoms with van der Waals surface area (Å²) in [7, 11) is 4.09. The molecule has 0 spiro atoms. The number of halogens is 1. The monoisotopic (exact) mass is 358 g/mol. The summed E-state index contributed by atoms with van der Waals surface area (Å²) in [5.74, 6) is -0.0665. The van der Waals surface area contributed by atoms with Crippen LogP contribution in [0.2, 0.25) is 0 Å². The molecule has 1 atom stereocenters. The number of hydrogen-bond acceptors (Lipinski definition) is 2. The first kappa shape index (κ1) is 20.9. The Hall–Kier alpha value is -2.10. The van der Waals surface area contributed by atoms with Gasteiger partial charge in [0.25, 0.3) is 0 Å². The fourth-order valence-electron chi connectivity index (χ4n) is 2.46. The summed E-state index contributed by atoms with van der Waals surface area (Å²) < 4.78 is 0. The van der Waals surface area contributed by atoms with Crippen molar-refractivity contribution in [3.05, 3.63) is 77.4 Å². The molecule has 1 unspecified atom stereocenters. The lowest BCUT2D eigenvalue weighted by atomic mass is 10.0. The van der Waals surface area contributed by atoms with Gasteiger partial charge in [-0.25, -0.2) is 0 Å². The topological polar surface area (TPSA) is 32.3 Å². The highest BCUT2D eigenvalue weighted by Gasteiger charge is 2.13. The minimum Gasteiger partial charge on any atom is -0.346 e. The third-order valence-electron chi connectivity index (χ3n) is 3.89. The van der Waals surface area contributed by atoms with Gasteiger partial charge in [0.15, 0.2) is 0 Å². The second kappa shape index (κ2) is 10.7. The van der Waals surface area contributed by atoms with Crippen molar-refractivity contribution in [2.45, 2.75) is 19.4 Å². The van der Waals surface area contributed by atoms with E-state index in [1.165, 1.54) is 5.56 Å². The van der Waals surface area contributed by atoms with Gasteiger partial charge in [0.05, 0.1) is 6.04 Å². The normalized spacial score (nSPS) is 12.0. The minimum atomic E-state index is -0.0665. The largest absolute Gasteiger partial charge is 0.346 e. The van der Waals surface area contributed by atoms with Crippen LogP contribution in [-0.4, -0.2) is 31.4 Å². The van der Waals surface area contributed by atoms with E-state index in [0.717, 1.165) is 24.1 Å². The molecule has 0 heterocycles. The molecule has 0 saturated carbocycles. The van der Waals surface area contributed by atoms with E-state index in [9.17, 15) is 4.79 Å². The second-order valence-corrected chi connectivity index (χ2v) is 6.31. The number of aryl methyl sites for hydroxylation is 1. The van der Waals surface area contributed by atoms with Crippen LogP contribution in [0.25, 0.3) is 6.08 Å². The summed E-state index contributed by atoms with van der Waals surface area (Å²) in [6, 6.07) is 18.2. The Bertz CT molecular complexity index is 666. The highest BCUT2D eigenvalue weighted by Crippen LogP contribution is 2.18. The van der Waals surface area contributed by atoms with E-state index >= 15 is 0 Å². The van der Waals surface area contributed by atoms with Crippen LogP contribution in [0.15, 0.2) is 60.7 Å². The third kappa shape index (κ3) is 7.55. The SMILES string of the molecule is Cc1ccc(C(CCN(C)C)NC(=O)/C=C/c2ccccc2)cc1.Cl. The molecular formula is C21H27ClN2O. The molecule has 3 nitrogen and oxygen atoms in total. The molecule has 2 aromatic rings. The zero-order chi connectivity index (χ0) is 17.4. The van der Waals surface area contributed by atoms with Crippen molar-refractivity contribution in [2.24, 2.45) is 0 Å². The summed E-state index contributed by atoms with van der Waals surface area (Å²) in [5, 5.41) is 3.13. The van der Waals surface area contributed by atoms with Gasteiger partial charge in [-0.15, -0.1) is 12.4 Å². The Morgan fingerprint density at radius 2 is 1.72 bits per heavy atom. The Balaban J connectivity index is 0.00000312. The number of nitrogens with zero attached hydrogens (tertiary/aromatic N) is 1. The van der Waals surface area contributed by atoms with Crippen molar-refractivity contribution < 1.29 is 4.79 Å². The Morgan fingerprint density at radius 1 is 1.08 bits per heavy atom. The predicted molar refractivity (Wildman–Crippen MR) is 108 cm³/mol. The van der Waals surface area contributed by atoms with Crippen molar-refractivity contribution in [3.8, 4) is 0 Å². The first-order chi connectivity index (χ1) is 11.5. The summed E-state index contributed by atoms with van der Waals surface area (Å²) in [6.45, 7) is 2.99. The number of benzene rings is 2. The lowest BCUT2D eigenvalue weighted by Gasteiger charge is -2.21. The van der Waals surface area contributed by atoms with E-state index in [0.29, 0.717) is 0 Å². The maximum atomic E-state index is 12.3. The average Bonchev–Trinajstić information content (AvgIpc) is 2.58. The van der Waals surface area contributed by atoms with Crippen molar-refractivity contribution in [3.63, 3.8) is 0 Å². The first-order valence-electron chi connectivity index (χ1n) is 8.29. The van der Waals surface area contributed by atoms with Crippen LogP contribution in [0.3, 0.4) is 0 Å². The van der Waals surface area contributed by atoms with Crippen molar-refractivity contribution in [1.29, 1.82) is 0 Å². The molecule has 1 N–H and O–H groups in total. The smallest absolute Gasteiger partial charge is 0.244 e. The predicted octanol–water partition coefficient (Wildman–Crippen LogP) is 4.24. The number of rotatable bonds is 7. The van der Waals surface area contributed by atoms with Crippen molar-refractivity contribution >= 4 is 24.4 Å². The quantitative estimate of drug-likeness (QED) is 0.751. The molecule has 2 aromatic carbocycles. The van der Waals surface area contributed by atoms with E-state index in [-0.39, 0.29) is 24.4 Å². The molecule has 25 heavy (non-hydrogen) atoms. The summed E-state index contributed by atoms with van der Waals surface area (Å²) >= 11 is 0. The lowest BCUT2D eigenvalue weighted by molar-refractivity contribution is -0.117. The molecule has 0 bridgehead atoms. The number of carbonyl (C=O) groups is 1. The van der Waals surface area contributed by atoms with Gasteiger partial charge in [-0.1, -0.05) is 60.2 Å². The summed E-state index contributed by atoms with van der Waals surface area (Å²) in [6.07, 6.45) is 4.32. The zero-order valence-electron chi connectivity index (χ0n) is 15.1. The minimum absolute atomic E-state index is 0. The van der Waals surface area contributed by atoms with E-state index in [1.54, 1.807) is 6.08 Å². The van der Waals surface area contributed by atoms with Crippen molar-refractivity contribution in [1.82, 2.24) is 10.2 Å². The molecule has 0 aliphatic carbocycles. The number of nitrogens with one attached hydrogen (secondary N) is 1. The zero-order valence-corrected chi connectivity index (χ0v) is 15.9. The van der Waals surface area contributed by atoms with Gasteiger partial charge in [0.1, 0.15) is 0 Å². The van der Waals surface area contributed by atoms with E-state index in [1.807, 2.05) is 50.5 Å².